The number of benzene rings is 1. The third-order valence-corrected chi connectivity index (χ3v) is 2.86. The van der Waals surface area contributed by atoms with Crippen molar-refractivity contribution in [3.05, 3.63) is 30.1 Å². The Kier molecular flexibility index (Phi) is 4.12. The fourth-order valence-corrected chi connectivity index (χ4v) is 1.85. The standard InChI is InChI=1S/C13H19N3O/c1-3-10(9-17-2)14-8-13-15-11-6-4-5-7-12(11)16-13/h4-7,10,14H,3,8-9H2,1-2H3,(H,15,16). The first-order valence-corrected chi connectivity index (χ1v) is 5.99. The lowest BCUT2D eigenvalue weighted by molar-refractivity contribution is 0.163. The number of hydrogen-bond acceptors (Lipinski definition) is 3. The summed E-state index contributed by atoms with van der Waals surface area (Å²) in [5.74, 6) is 0.973. The number of hydrogen-bond donors (Lipinski definition) is 2. The summed E-state index contributed by atoms with van der Waals surface area (Å²) in [6.45, 7) is 3.63. The van der Waals surface area contributed by atoms with Crippen molar-refractivity contribution >= 4 is 11.0 Å². The van der Waals surface area contributed by atoms with Crippen LogP contribution in [0.3, 0.4) is 0 Å². The van der Waals surface area contributed by atoms with Crippen LogP contribution in [-0.2, 0) is 11.3 Å². The molecular formula is C13H19N3O. The molecule has 0 aliphatic heterocycles. The molecule has 92 valence electrons. The Bertz CT molecular complexity index is 433. The van der Waals surface area contributed by atoms with Gasteiger partial charge in [-0.1, -0.05) is 19.1 Å². The van der Waals surface area contributed by atoms with E-state index in [1.807, 2.05) is 24.3 Å². The van der Waals surface area contributed by atoms with Crippen LogP contribution in [-0.4, -0.2) is 29.7 Å². The van der Waals surface area contributed by atoms with E-state index in [-0.39, 0.29) is 0 Å². The van der Waals surface area contributed by atoms with Crippen LogP contribution in [0, 0.1) is 0 Å². The molecule has 2 aromatic rings. The molecule has 0 bridgehead atoms. The molecule has 2 N–H and O–H groups in total. The Morgan fingerprint density at radius 3 is 2.94 bits per heavy atom. The number of nitrogens with one attached hydrogen (secondary N) is 2. The third-order valence-electron chi connectivity index (χ3n) is 2.86. The van der Waals surface area contributed by atoms with Crippen molar-refractivity contribution in [2.75, 3.05) is 13.7 Å². The van der Waals surface area contributed by atoms with Gasteiger partial charge in [0.15, 0.2) is 0 Å². The summed E-state index contributed by atoms with van der Waals surface area (Å²) in [5, 5.41) is 3.43. The third kappa shape index (κ3) is 3.05. The Hall–Kier alpha value is -1.39. The van der Waals surface area contributed by atoms with Crippen LogP contribution < -0.4 is 5.32 Å². The summed E-state index contributed by atoms with van der Waals surface area (Å²) in [6.07, 6.45) is 1.05. The van der Waals surface area contributed by atoms with E-state index in [0.29, 0.717) is 6.04 Å². The number of nitrogens with zero attached hydrogens (tertiary/aromatic N) is 1. The highest BCUT2D eigenvalue weighted by Gasteiger charge is 2.07. The largest absolute Gasteiger partial charge is 0.383 e. The normalized spacial score (nSPS) is 13.1. The fraction of sp³-hybridized carbons (Fsp3) is 0.462. The SMILES string of the molecule is CCC(COC)NCc1nc2ccccc2[nH]1. The quantitative estimate of drug-likeness (QED) is 0.803. The monoisotopic (exact) mass is 233 g/mol. The second-order valence-electron chi connectivity index (χ2n) is 4.14. The van der Waals surface area contributed by atoms with Gasteiger partial charge in [0.2, 0.25) is 0 Å². The molecular weight excluding hydrogens is 214 g/mol. The van der Waals surface area contributed by atoms with Crippen LogP contribution in [0.25, 0.3) is 11.0 Å². The van der Waals surface area contributed by atoms with E-state index in [4.69, 9.17) is 4.74 Å². The molecule has 17 heavy (non-hydrogen) atoms. The zero-order valence-electron chi connectivity index (χ0n) is 10.4. The van der Waals surface area contributed by atoms with Crippen LogP contribution >= 0.6 is 0 Å². The number of fused-ring (bicyclic) bond motifs is 1. The van der Waals surface area contributed by atoms with E-state index < -0.39 is 0 Å². The number of para-hydroxylation sites is 2. The predicted octanol–water partition coefficient (Wildman–Crippen LogP) is 2.08. The Morgan fingerprint density at radius 2 is 2.24 bits per heavy atom. The molecule has 1 unspecified atom stereocenters. The van der Waals surface area contributed by atoms with Crippen LogP contribution in [0.2, 0.25) is 0 Å². The molecule has 0 aliphatic rings. The molecule has 1 atom stereocenters. The molecule has 1 aromatic heterocycles. The zero-order valence-corrected chi connectivity index (χ0v) is 10.4. The van der Waals surface area contributed by atoms with Crippen molar-refractivity contribution in [2.24, 2.45) is 0 Å². The maximum atomic E-state index is 5.15. The van der Waals surface area contributed by atoms with Crippen molar-refractivity contribution in [1.82, 2.24) is 15.3 Å². The van der Waals surface area contributed by atoms with E-state index in [2.05, 4.69) is 22.2 Å². The van der Waals surface area contributed by atoms with E-state index in [9.17, 15) is 0 Å². The number of aromatic amines is 1. The van der Waals surface area contributed by atoms with Crippen molar-refractivity contribution < 1.29 is 4.74 Å². The number of ether oxygens (including phenoxy) is 1. The highest BCUT2D eigenvalue weighted by atomic mass is 16.5. The molecule has 1 aromatic carbocycles. The summed E-state index contributed by atoms with van der Waals surface area (Å²) in [5.41, 5.74) is 2.10. The van der Waals surface area contributed by atoms with Gasteiger partial charge >= 0.3 is 0 Å². The fourth-order valence-electron chi connectivity index (χ4n) is 1.85. The summed E-state index contributed by atoms with van der Waals surface area (Å²) >= 11 is 0. The van der Waals surface area contributed by atoms with Crippen molar-refractivity contribution in [3.63, 3.8) is 0 Å². The number of rotatable bonds is 6. The van der Waals surface area contributed by atoms with Crippen LogP contribution in [0.4, 0.5) is 0 Å². The first-order valence-electron chi connectivity index (χ1n) is 5.99. The van der Waals surface area contributed by atoms with E-state index >= 15 is 0 Å². The average Bonchev–Trinajstić information content (AvgIpc) is 2.77. The van der Waals surface area contributed by atoms with Crippen molar-refractivity contribution in [3.8, 4) is 0 Å². The lowest BCUT2D eigenvalue weighted by Crippen LogP contribution is -2.32. The zero-order chi connectivity index (χ0) is 12.1. The van der Waals surface area contributed by atoms with E-state index in [1.54, 1.807) is 7.11 Å². The molecule has 1 heterocycles. The second kappa shape index (κ2) is 5.80. The Balaban J connectivity index is 1.98. The molecule has 0 amide bonds. The van der Waals surface area contributed by atoms with Crippen LogP contribution in [0.1, 0.15) is 19.2 Å². The maximum absolute atomic E-state index is 5.15. The van der Waals surface area contributed by atoms with E-state index in [1.165, 1.54) is 0 Å². The van der Waals surface area contributed by atoms with Gasteiger partial charge in [-0.15, -0.1) is 0 Å². The average molecular weight is 233 g/mol. The molecule has 0 radical (unpaired) electrons. The van der Waals surface area contributed by atoms with Gasteiger partial charge in [-0.3, -0.25) is 0 Å². The Labute approximate surface area is 101 Å². The minimum absolute atomic E-state index is 0.383. The lowest BCUT2D eigenvalue weighted by Gasteiger charge is -2.14. The smallest absolute Gasteiger partial charge is 0.121 e. The highest BCUT2D eigenvalue weighted by Crippen LogP contribution is 2.10. The number of methoxy groups -OCH3 is 1. The molecule has 4 nitrogen and oxygen atoms in total. The van der Waals surface area contributed by atoms with Gasteiger partial charge in [0.05, 0.1) is 24.2 Å². The molecule has 4 heteroatoms. The highest BCUT2D eigenvalue weighted by molar-refractivity contribution is 5.74. The summed E-state index contributed by atoms with van der Waals surface area (Å²) < 4.78 is 5.15. The second-order valence-corrected chi connectivity index (χ2v) is 4.14. The molecule has 2 rings (SSSR count). The summed E-state index contributed by atoms with van der Waals surface area (Å²) in [6, 6.07) is 8.45. The van der Waals surface area contributed by atoms with Gasteiger partial charge in [0.25, 0.3) is 0 Å². The minimum Gasteiger partial charge on any atom is -0.383 e. The van der Waals surface area contributed by atoms with Crippen molar-refractivity contribution in [2.45, 2.75) is 25.9 Å². The molecule has 0 saturated carbocycles. The van der Waals surface area contributed by atoms with Gasteiger partial charge in [-0.05, 0) is 18.6 Å². The first kappa shape index (κ1) is 12.1. The number of H-pyrrole nitrogens is 1. The first-order chi connectivity index (χ1) is 8.33. The van der Waals surface area contributed by atoms with Crippen LogP contribution in [0.5, 0.6) is 0 Å². The summed E-state index contributed by atoms with van der Waals surface area (Å²) in [4.78, 5) is 7.82. The maximum Gasteiger partial charge on any atom is 0.121 e. The van der Waals surface area contributed by atoms with Gasteiger partial charge in [-0.25, -0.2) is 4.98 Å². The topological polar surface area (TPSA) is 49.9 Å². The van der Waals surface area contributed by atoms with Gasteiger partial charge in [0, 0.05) is 13.2 Å². The molecule has 0 saturated heterocycles. The molecule has 0 aliphatic carbocycles. The predicted molar refractivity (Wildman–Crippen MR) is 68.9 cm³/mol. The van der Waals surface area contributed by atoms with Crippen LogP contribution in [0.15, 0.2) is 24.3 Å². The van der Waals surface area contributed by atoms with Gasteiger partial charge < -0.3 is 15.0 Å². The van der Waals surface area contributed by atoms with Crippen molar-refractivity contribution in [1.29, 1.82) is 0 Å². The minimum atomic E-state index is 0.383. The lowest BCUT2D eigenvalue weighted by atomic mass is 10.2. The molecule has 0 spiro atoms. The number of imidazole rings is 1. The number of aromatic nitrogens is 2. The molecule has 0 fully saturated rings. The Morgan fingerprint density at radius 1 is 1.41 bits per heavy atom. The van der Waals surface area contributed by atoms with Gasteiger partial charge in [0.1, 0.15) is 5.82 Å². The van der Waals surface area contributed by atoms with Gasteiger partial charge in [-0.2, -0.15) is 0 Å². The summed E-state index contributed by atoms with van der Waals surface area (Å²) in [7, 11) is 1.73. The van der Waals surface area contributed by atoms with E-state index in [0.717, 1.165) is 36.4 Å².